The van der Waals surface area contributed by atoms with Crippen molar-refractivity contribution >= 4 is 0 Å². The number of phenols is 1. The van der Waals surface area contributed by atoms with Gasteiger partial charge >= 0.3 is 0 Å². The van der Waals surface area contributed by atoms with E-state index in [1.165, 1.54) is 0 Å². The lowest BCUT2D eigenvalue weighted by atomic mass is 9.92. The first kappa shape index (κ1) is 9.34. The molecule has 1 aromatic rings. The first-order chi connectivity index (χ1) is 6.48. The van der Waals surface area contributed by atoms with Gasteiger partial charge in [-0.05, 0) is 26.0 Å². The predicted octanol–water partition coefficient (Wildman–Crippen LogP) is 1.99. The summed E-state index contributed by atoms with van der Waals surface area (Å²) in [6.07, 6.45) is 0.0690. The number of hydrogen-bond acceptors (Lipinski definition) is 3. The normalized spacial score (nSPS) is 23.8. The van der Waals surface area contributed by atoms with Crippen LogP contribution < -0.4 is 4.74 Å². The number of aliphatic hydroxyl groups is 1. The highest BCUT2D eigenvalue weighted by Gasteiger charge is 2.32. The SMILES string of the molecule is CC1(C)CC(O)c2ccc(O)cc2O1. The number of hydrogen-bond donors (Lipinski definition) is 2. The Morgan fingerprint density at radius 1 is 1.43 bits per heavy atom. The lowest BCUT2D eigenvalue weighted by Gasteiger charge is -2.35. The van der Waals surface area contributed by atoms with Crippen LogP contribution in [0.1, 0.15) is 31.9 Å². The van der Waals surface area contributed by atoms with Gasteiger partial charge in [-0.15, -0.1) is 0 Å². The van der Waals surface area contributed by atoms with Gasteiger partial charge in [0.05, 0.1) is 6.10 Å². The molecule has 1 aliphatic heterocycles. The average Bonchev–Trinajstić information content (AvgIpc) is 2.00. The summed E-state index contributed by atoms with van der Waals surface area (Å²) in [6.45, 7) is 3.84. The molecule has 3 nitrogen and oxygen atoms in total. The van der Waals surface area contributed by atoms with Gasteiger partial charge in [0.25, 0.3) is 0 Å². The van der Waals surface area contributed by atoms with Crippen LogP contribution in [0.5, 0.6) is 11.5 Å². The molecule has 0 bridgehead atoms. The molecule has 2 rings (SSSR count). The van der Waals surface area contributed by atoms with Crippen molar-refractivity contribution in [3.8, 4) is 11.5 Å². The number of aliphatic hydroxyl groups excluding tert-OH is 1. The Kier molecular flexibility index (Phi) is 1.93. The van der Waals surface area contributed by atoms with E-state index in [9.17, 15) is 10.2 Å². The fraction of sp³-hybridized carbons (Fsp3) is 0.455. The van der Waals surface area contributed by atoms with E-state index in [2.05, 4.69) is 0 Å². The van der Waals surface area contributed by atoms with Crippen molar-refractivity contribution in [2.75, 3.05) is 0 Å². The second-order valence-corrected chi connectivity index (χ2v) is 4.30. The summed E-state index contributed by atoms with van der Waals surface area (Å²) in [4.78, 5) is 0. The monoisotopic (exact) mass is 194 g/mol. The maximum Gasteiger partial charge on any atom is 0.129 e. The Labute approximate surface area is 83.0 Å². The zero-order valence-electron chi connectivity index (χ0n) is 8.32. The lowest BCUT2D eigenvalue weighted by Crippen LogP contribution is -2.34. The van der Waals surface area contributed by atoms with E-state index in [4.69, 9.17) is 4.74 Å². The minimum atomic E-state index is -0.505. The number of rotatable bonds is 0. The Bertz CT molecular complexity index is 358. The van der Waals surface area contributed by atoms with Gasteiger partial charge in [-0.1, -0.05) is 0 Å². The number of ether oxygens (including phenoxy) is 1. The zero-order chi connectivity index (χ0) is 10.3. The van der Waals surface area contributed by atoms with E-state index in [1.807, 2.05) is 13.8 Å². The molecule has 2 N–H and O–H groups in total. The molecular weight excluding hydrogens is 180 g/mol. The van der Waals surface area contributed by atoms with Gasteiger partial charge in [0.15, 0.2) is 0 Å². The van der Waals surface area contributed by atoms with Gasteiger partial charge in [-0.3, -0.25) is 0 Å². The molecule has 0 fully saturated rings. The molecule has 0 amide bonds. The molecule has 76 valence electrons. The molecule has 0 spiro atoms. The third-order valence-corrected chi connectivity index (χ3v) is 2.43. The summed E-state index contributed by atoms with van der Waals surface area (Å²) in [7, 11) is 0. The number of phenolic OH excluding ortho intramolecular Hbond substituents is 1. The Balaban J connectivity index is 2.46. The van der Waals surface area contributed by atoms with Crippen LogP contribution in [-0.2, 0) is 0 Å². The molecule has 0 saturated carbocycles. The topological polar surface area (TPSA) is 49.7 Å². The highest BCUT2D eigenvalue weighted by Crippen LogP contribution is 2.40. The van der Waals surface area contributed by atoms with Crippen molar-refractivity contribution in [1.29, 1.82) is 0 Å². The minimum absolute atomic E-state index is 0.161. The Morgan fingerprint density at radius 2 is 2.14 bits per heavy atom. The van der Waals surface area contributed by atoms with Gasteiger partial charge in [0.2, 0.25) is 0 Å². The van der Waals surface area contributed by atoms with Crippen LogP contribution in [-0.4, -0.2) is 15.8 Å². The van der Waals surface area contributed by atoms with E-state index < -0.39 is 6.10 Å². The molecule has 1 unspecified atom stereocenters. The van der Waals surface area contributed by atoms with E-state index in [1.54, 1.807) is 18.2 Å². The molecule has 0 aromatic heterocycles. The number of benzene rings is 1. The summed E-state index contributed by atoms with van der Waals surface area (Å²) in [5, 5.41) is 19.1. The summed E-state index contributed by atoms with van der Waals surface area (Å²) < 4.78 is 5.65. The largest absolute Gasteiger partial charge is 0.508 e. The molecule has 1 aromatic carbocycles. The van der Waals surface area contributed by atoms with Gasteiger partial charge < -0.3 is 14.9 Å². The maximum atomic E-state index is 9.83. The van der Waals surface area contributed by atoms with E-state index in [0.29, 0.717) is 12.2 Å². The number of fused-ring (bicyclic) bond motifs is 1. The van der Waals surface area contributed by atoms with E-state index in [0.717, 1.165) is 5.56 Å². The molecule has 3 heteroatoms. The summed E-state index contributed by atoms with van der Waals surface area (Å²) in [6, 6.07) is 4.80. The molecule has 0 saturated heterocycles. The van der Waals surface area contributed by atoms with Gasteiger partial charge in [-0.25, -0.2) is 0 Å². The highest BCUT2D eigenvalue weighted by atomic mass is 16.5. The molecule has 0 radical (unpaired) electrons. The quantitative estimate of drug-likeness (QED) is 0.664. The van der Waals surface area contributed by atoms with Gasteiger partial charge in [-0.2, -0.15) is 0 Å². The summed E-state index contributed by atoms with van der Waals surface area (Å²) in [5.74, 6) is 0.738. The average molecular weight is 194 g/mol. The summed E-state index contributed by atoms with van der Waals surface area (Å²) >= 11 is 0. The molecular formula is C11H14O3. The van der Waals surface area contributed by atoms with Crippen molar-refractivity contribution in [2.45, 2.75) is 32.0 Å². The molecule has 14 heavy (non-hydrogen) atoms. The van der Waals surface area contributed by atoms with Crippen LogP contribution in [0.4, 0.5) is 0 Å². The smallest absolute Gasteiger partial charge is 0.129 e. The number of aromatic hydroxyl groups is 1. The van der Waals surface area contributed by atoms with Crippen molar-refractivity contribution in [3.05, 3.63) is 23.8 Å². The molecule has 1 atom stereocenters. The van der Waals surface area contributed by atoms with Crippen molar-refractivity contribution in [3.63, 3.8) is 0 Å². The van der Waals surface area contributed by atoms with Gasteiger partial charge in [0, 0.05) is 18.1 Å². The minimum Gasteiger partial charge on any atom is -0.508 e. The maximum absolute atomic E-state index is 9.83. The lowest BCUT2D eigenvalue weighted by molar-refractivity contribution is 0.0114. The second-order valence-electron chi connectivity index (χ2n) is 4.30. The van der Waals surface area contributed by atoms with Gasteiger partial charge in [0.1, 0.15) is 17.1 Å². The van der Waals surface area contributed by atoms with E-state index in [-0.39, 0.29) is 11.4 Å². The highest BCUT2D eigenvalue weighted by molar-refractivity contribution is 5.43. The molecule has 1 aliphatic rings. The third-order valence-electron chi connectivity index (χ3n) is 2.43. The second kappa shape index (κ2) is 2.89. The third kappa shape index (κ3) is 1.55. The fourth-order valence-electron chi connectivity index (χ4n) is 1.80. The fourth-order valence-corrected chi connectivity index (χ4v) is 1.80. The Hall–Kier alpha value is -1.22. The Morgan fingerprint density at radius 3 is 2.86 bits per heavy atom. The molecule has 0 aliphatic carbocycles. The molecule has 1 heterocycles. The van der Waals surface area contributed by atoms with Crippen LogP contribution in [0.15, 0.2) is 18.2 Å². The van der Waals surface area contributed by atoms with Crippen LogP contribution in [0.2, 0.25) is 0 Å². The van der Waals surface area contributed by atoms with Crippen LogP contribution >= 0.6 is 0 Å². The zero-order valence-corrected chi connectivity index (χ0v) is 8.32. The van der Waals surface area contributed by atoms with E-state index >= 15 is 0 Å². The predicted molar refractivity (Wildman–Crippen MR) is 52.4 cm³/mol. The van der Waals surface area contributed by atoms with Crippen LogP contribution in [0.25, 0.3) is 0 Å². The summed E-state index contributed by atoms with van der Waals surface area (Å²) in [5.41, 5.74) is 0.377. The first-order valence-electron chi connectivity index (χ1n) is 4.68. The standard InChI is InChI=1S/C11H14O3/c1-11(2)6-9(13)8-4-3-7(12)5-10(8)14-11/h3-5,9,12-13H,6H2,1-2H3. The van der Waals surface area contributed by atoms with Crippen molar-refractivity contribution in [1.82, 2.24) is 0 Å². The van der Waals surface area contributed by atoms with Crippen molar-refractivity contribution in [2.24, 2.45) is 0 Å². The van der Waals surface area contributed by atoms with Crippen molar-refractivity contribution < 1.29 is 14.9 Å². The van der Waals surface area contributed by atoms with Crippen LogP contribution in [0.3, 0.4) is 0 Å². The van der Waals surface area contributed by atoms with Crippen LogP contribution in [0, 0.1) is 0 Å². The first-order valence-corrected chi connectivity index (χ1v) is 4.68.